The van der Waals surface area contributed by atoms with E-state index in [0.717, 1.165) is 41.2 Å². The second-order valence-corrected chi connectivity index (χ2v) is 11.0. The third-order valence-electron chi connectivity index (χ3n) is 7.92. The first kappa shape index (κ1) is 26.7. The zero-order valence-electron chi connectivity index (χ0n) is 23.9. The van der Waals surface area contributed by atoms with E-state index < -0.39 is 0 Å². The fraction of sp³-hybridized carbons (Fsp3) is 0.344. The second kappa shape index (κ2) is 11.1. The van der Waals surface area contributed by atoms with Gasteiger partial charge in [0.2, 0.25) is 5.88 Å². The van der Waals surface area contributed by atoms with Gasteiger partial charge in [-0.1, -0.05) is 36.4 Å². The van der Waals surface area contributed by atoms with Gasteiger partial charge >= 0.3 is 0 Å². The highest BCUT2D eigenvalue weighted by Gasteiger charge is 2.34. The van der Waals surface area contributed by atoms with Crippen LogP contribution in [0.4, 0.5) is 5.82 Å². The van der Waals surface area contributed by atoms with Crippen LogP contribution in [0.15, 0.2) is 66.9 Å². The van der Waals surface area contributed by atoms with Crippen molar-refractivity contribution >= 4 is 22.5 Å². The van der Waals surface area contributed by atoms with E-state index in [1.165, 1.54) is 5.56 Å². The van der Waals surface area contributed by atoms with Gasteiger partial charge in [-0.3, -0.25) is 9.88 Å². The molecular weight excluding hydrogens is 512 g/mol. The van der Waals surface area contributed by atoms with Crippen molar-refractivity contribution in [3.8, 4) is 11.9 Å². The Kier molecular flexibility index (Phi) is 7.25. The summed E-state index contributed by atoms with van der Waals surface area (Å²) in [5.74, 6) is 1.47. The lowest BCUT2D eigenvalue weighted by Crippen LogP contribution is -2.57. The van der Waals surface area contributed by atoms with Gasteiger partial charge in [0.05, 0.1) is 34.9 Å². The monoisotopic (exact) mass is 546 g/mol. The number of ether oxygens (including phenoxy) is 1. The van der Waals surface area contributed by atoms with Gasteiger partial charge in [0.1, 0.15) is 12.4 Å². The highest BCUT2D eigenvalue weighted by atomic mass is 16.5. The summed E-state index contributed by atoms with van der Waals surface area (Å²) < 4.78 is 8.01. The summed E-state index contributed by atoms with van der Waals surface area (Å²) in [5, 5.41) is 14.0. The van der Waals surface area contributed by atoms with Gasteiger partial charge in [0, 0.05) is 49.5 Å². The van der Waals surface area contributed by atoms with E-state index in [-0.39, 0.29) is 24.5 Å². The molecule has 1 aliphatic rings. The minimum absolute atomic E-state index is 0.201. The lowest BCUT2D eigenvalue weighted by Gasteiger charge is -2.47. The van der Waals surface area contributed by atoms with Gasteiger partial charge in [-0.2, -0.15) is 19.9 Å². The van der Waals surface area contributed by atoms with E-state index in [2.05, 4.69) is 59.8 Å². The molecule has 0 N–H and O–H groups in total. The van der Waals surface area contributed by atoms with Crippen LogP contribution < -0.4 is 9.64 Å². The normalized spacial score (nSPS) is 18.5. The Morgan fingerprint density at radius 2 is 1.83 bits per heavy atom. The van der Waals surface area contributed by atoms with Crippen molar-refractivity contribution in [1.29, 1.82) is 5.26 Å². The molecule has 5 aromatic rings. The van der Waals surface area contributed by atoms with Gasteiger partial charge < -0.3 is 9.64 Å². The predicted molar refractivity (Wildman–Crippen MR) is 159 cm³/mol. The molecule has 9 heteroatoms. The summed E-state index contributed by atoms with van der Waals surface area (Å²) in [5.41, 5.74) is 6.46. The Bertz CT molecular complexity index is 1730. The number of benzene rings is 2. The number of aromatic nitrogens is 5. The van der Waals surface area contributed by atoms with Gasteiger partial charge in [0.25, 0.3) is 0 Å². The molecular formula is C32H34N8O. The van der Waals surface area contributed by atoms with Crippen LogP contribution in [-0.2, 0) is 13.0 Å². The number of nitrogens with zero attached hydrogens (tertiary/aromatic N) is 8. The van der Waals surface area contributed by atoms with Gasteiger partial charge in [-0.25, -0.2) is 4.98 Å². The molecule has 0 bridgehead atoms. The smallest absolute Gasteiger partial charge is 0.219 e. The van der Waals surface area contributed by atoms with Crippen LogP contribution in [0.1, 0.15) is 49.3 Å². The molecule has 3 aromatic heterocycles. The Labute approximate surface area is 240 Å². The van der Waals surface area contributed by atoms with Crippen molar-refractivity contribution in [3.63, 3.8) is 0 Å². The summed E-state index contributed by atoms with van der Waals surface area (Å²) in [7, 11) is 0. The fourth-order valence-corrected chi connectivity index (χ4v) is 5.75. The molecule has 3 atom stereocenters. The molecule has 0 amide bonds. The van der Waals surface area contributed by atoms with E-state index in [0.29, 0.717) is 23.8 Å². The third-order valence-corrected chi connectivity index (χ3v) is 7.92. The number of hydrogen-bond donors (Lipinski definition) is 0. The molecule has 0 spiro atoms. The SMILES string of the molecule is Cc1cnc2ccc(C(C)N3C[C@H](C)N(c4cc(OCc5ccccc5)nc5cc(CC#N)nn45)C[C@H]3C)cc2n1. The Hall–Kier alpha value is -4.55. The maximum Gasteiger partial charge on any atom is 0.219 e. The first-order valence-electron chi connectivity index (χ1n) is 14.1. The number of anilines is 1. The number of rotatable bonds is 7. The molecule has 1 aliphatic heterocycles. The zero-order chi connectivity index (χ0) is 28.5. The molecule has 41 heavy (non-hydrogen) atoms. The van der Waals surface area contributed by atoms with Crippen molar-refractivity contribution < 1.29 is 4.74 Å². The summed E-state index contributed by atoms with van der Waals surface area (Å²) >= 11 is 0. The molecule has 6 rings (SSSR count). The maximum atomic E-state index is 9.28. The molecule has 2 aromatic carbocycles. The molecule has 4 heterocycles. The Morgan fingerprint density at radius 1 is 1.00 bits per heavy atom. The lowest BCUT2D eigenvalue weighted by atomic mass is 10.00. The quantitative estimate of drug-likeness (QED) is 0.272. The van der Waals surface area contributed by atoms with Crippen LogP contribution in [0.2, 0.25) is 0 Å². The first-order chi connectivity index (χ1) is 19.9. The summed E-state index contributed by atoms with van der Waals surface area (Å²) in [6.07, 6.45) is 2.04. The number of piperazine rings is 1. The predicted octanol–water partition coefficient (Wildman–Crippen LogP) is 5.29. The fourth-order valence-electron chi connectivity index (χ4n) is 5.75. The van der Waals surface area contributed by atoms with E-state index in [9.17, 15) is 5.26 Å². The highest BCUT2D eigenvalue weighted by molar-refractivity contribution is 5.75. The minimum atomic E-state index is 0.201. The zero-order valence-corrected chi connectivity index (χ0v) is 23.9. The average molecular weight is 547 g/mol. The van der Waals surface area contributed by atoms with Crippen molar-refractivity contribution in [2.45, 2.75) is 58.8 Å². The Balaban J connectivity index is 1.28. The van der Waals surface area contributed by atoms with Crippen LogP contribution in [-0.4, -0.2) is 54.6 Å². The van der Waals surface area contributed by atoms with Gasteiger partial charge in [0.15, 0.2) is 5.65 Å². The van der Waals surface area contributed by atoms with E-state index >= 15 is 0 Å². The van der Waals surface area contributed by atoms with Crippen LogP contribution >= 0.6 is 0 Å². The van der Waals surface area contributed by atoms with Gasteiger partial charge in [-0.05, 0) is 51.0 Å². The number of hydrogen-bond acceptors (Lipinski definition) is 8. The maximum absolute atomic E-state index is 9.28. The van der Waals surface area contributed by atoms with E-state index in [1.807, 2.05) is 60.1 Å². The first-order valence-corrected chi connectivity index (χ1v) is 14.1. The van der Waals surface area contributed by atoms with Crippen molar-refractivity contribution in [2.24, 2.45) is 0 Å². The van der Waals surface area contributed by atoms with E-state index in [1.54, 1.807) is 0 Å². The molecule has 1 unspecified atom stereocenters. The molecule has 1 saturated heterocycles. The molecule has 9 nitrogen and oxygen atoms in total. The minimum Gasteiger partial charge on any atom is -0.473 e. The number of nitriles is 1. The second-order valence-electron chi connectivity index (χ2n) is 11.0. The third kappa shape index (κ3) is 5.43. The van der Waals surface area contributed by atoms with Crippen LogP contribution in [0.25, 0.3) is 16.7 Å². The highest BCUT2D eigenvalue weighted by Crippen LogP contribution is 2.32. The summed E-state index contributed by atoms with van der Waals surface area (Å²) in [6.45, 7) is 10.9. The Morgan fingerprint density at radius 3 is 2.63 bits per heavy atom. The van der Waals surface area contributed by atoms with E-state index in [4.69, 9.17) is 19.8 Å². The number of aryl methyl sites for hydroxylation is 1. The largest absolute Gasteiger partial charge is 0.473 e. The molecule has 0 saturated carbocycles. The molecule has 0 aliphatic carbocycles. The standard InChI is InChI=1S/C32H34N8O/c1-21-17-34-28-11-10-26(14-29(28)35-21)24(4)38-18-23(3)39(19-22(38)2)32-16-31(41-20-25-8-6-5-7-9-25)36-30-15-27(12-13-33)37-40(30)32/h5-11,14-17,22-24H,12,18-20H2,1-4H3/t22-,23+,24?/m1/s1. The van der Waals surface area contributed by atoms with Crippen molar-refractivity contribution in [2.75, 3.05) is 18.0 Å². The number of fused-ring (bicyclic) bond motifs is 2. The average Bonchev–Trinajstić information content (AvgIpc) is 3.39. The molecule has 208 valence electrons. The van der Waals surface area contributed by atoms with Crippen LogP contribution in [0, 0.1) is 18.3 Å². The van der Waals surface area contributed by atoms with Crippen LogP contribution in [0.5, 0.6) is 5.88 Å². The summed E-state index contributed by atoms with van der Waals surface area (Å²) in [4.78, 5) is 18.9. The van der Waals surface area contributed by atoms with Crippen LogP contribution in [0.3, 0.4) is 0 Å². The molecule has 0 radical (unpaired) electrons. The lowest BCUT2D eigenvalue weighted by molar-refractivity contribution is 0.119. The van der Waals surface area contributed by atoms with Crippen molar-refractivity contribution in [3.05, 3.63) is 89.4 Å². The van der Waals surface area contributed by atoms with Gasteiger partial charge in [-0.15, -0.1) is 0 Å². The van der Waals surface area contributed by atoms with Crippen molar-refractivity contribution in [1.82, 2.24) is 29.5 Å². The molecule has 1 fully saturated rings. The summed E-state index contributed by atoms with van der Waals surface area (Å²) in [6, 6.07) is 23.2. The topological polar surface area (TPSA) is 95.5 Å².